The summed E-state index contributed by atoms with van der Waals surface area (Å²) in [5.41, 5.74) is 3.20. The van der Waals surface area contributed by atoms with Gasteiger partial charge in [0.1, 0.15) is 11.6 Å². The van der Waals surface area contributed by atoms with Crippen LogP contribution in [-0.2, 0) is 11.2 Å². The lowest BCUT2D eigenvalue weighted by Gasteiger charge is -2.09. The van der Waals surface area contributed by atoms with Crippen LogP contribution >= 0.6 is 23.2 Å². The Morgan fingerprint density at radius 1 is 1.17 bits per heavy atom. The Labute approximate surface area is 178 Å². The molecule has 3 rings (SSSR count). The third-order valence-corrected chi connectivity index (χ3v) is 4.89. The molecule has 6 nitrogen and oxygen atoms in total. The summed E-state index contributed by atoms with van der Waals surface area (Å²) in [4.78, 5) is 16.4. The minimum atomic E-state index is -0.307. The average Bonchev–Trinajstić information content (AvgIpc) is 2.95. The number of rotatable bonds is 7. The van der Waals surface area contributed by atoms with Crippen LogP contribution in [0.5, 0.6) is 0 Å². The summed E-state index contributed by atoms with van der Waals surface area (Å²) in [5.74, 6) is 0.0861. The highest BCUT2D eigenvalue weighted by Gasteiger charge is 2.16. The number of hydrogen-bond acceptors (Lipinski definition) is 4. The molecule has 2 heterocycles. The fraction of sp³-hybridized carbons (Fsp3) is 0.250. The van der Waals surface area contributed by atoms with Gasteiger partial charge in [-0.3, -0.25) is 4.79 Å². The highest BCUT2D eigenvalue weighted by molar-refractivity contribution is 6.35. The zero-order chi connectivity index (χ0) is 21.0. The van der Waals surface area contributed by atoms with Gasteiger partial charge in [0.15, 0.2) is 0 Å². The summed E-state index contributed by atoms with van der Waals surface area (Å²) in [6.07, 6.45) is 1.71. The third-order valence-electron chi connectivity index (χ3n) is 4.40. The van der Waals surface area contributed by atoms with Gasteiger partial charge < -0.3 is 10.6 Å². The topological polar surface area (TPSA) is 71.8 Å². The lowest BCUT2D eigenvalue weighted by Crippen LogP contribution is -2.30. The Balaban J connectivity index is 1.56. The van der Waals surface area contributed by atoms with Crippen LogP contribution in [0.1, 0.15) is 17.0 Å². The average molecular weight is 436 g/mol. The number of benzene rings is 1. The molecule has 0 radical (unpaired) electrons. The molecule has 0 aliphatic heterocycles. The van der Waals surface area contributed by atoms with E-state index in [1.165, 1.54) is 18.3 Å². The Hall–Kier alpha value is -2.64. The van der Waals surface area contributed by atoms with Crippen molar-refractivity contribution in [2.24, 2.45) is 0 Å². The molecular formula is C20H20Cl2FN5O. The van der Waals surface area contributed by atoms with Crippen molar-refractivity contribution in [1.82, 2.24) is 20.1 Å². The molecule has 29 heavy (non-hydrogen) atoms. The second-order valence-corrected chi connectivity index (χ2v) is 7.32. The first-order chi connectivity index (χ1) is 13.8. The molecule has 0 saturated carbocycles. The summed E-state index contributed by atoms with van der Waals surface area (Å²) in [5, 5.41) is 11.3. The van der Waals surface area contributed by atoms with Gasteiger partial charge in [0, 0.05) is 30.5 Å². The van der Waals surface area contributed by atoms with E-state index in [0.717, 1.165) is 22.6 Å². The summed E-state index contributed by atoms with van der Waals surface area (Å²) < 4.78 is 14.9. The number of amides is 1. The number of carbonyl (C=O) groups excluding carboxylic acids is 1. The Morgan fingerprint density at radius 2 is 1.90 bits per heavy atom. The number of nitrogens with one attached hydrogen (secondary N) is 2. The molecule has 0 bridgehead atoms. The number of aromatic nitrogens is 3. The molecule has 3 aromatic rings. The molecule has 2 aromatic heterocycles. The summed E-state index contributed by atoms with van der Waals surface area (Å²) in [7, 11) is 0. The molecule has 0 spiro atoms. The van der Waals surface area contributed by atoms with Crippen LogP contribution in [0, 0.1) is 19.7 Å². The number of hydrogen-bond donors (Lipinski definition) is 2. The minimum absolute atomic E-state index is 0.119. The molecule has 0 saturated heterocycles. The van der Waals surface area contributed by atoms with Gasteiger partial charge >= 0.3 is 0 Å². The van der Waals surface area contributed by atoms with Crippen molar-refractivity contribution < 1.29 is 9.18 Å². The molecule has 0 aliphatic carbocycles. The monoisotopic (exact) mass is 435 g/mol. The van der Waals surface area contributed by atoms with Gasteiger partial charge in [0.2, 0.25) is 5.91 Å². The molecule has 9 heteroatoms. The van der Waals surface area contributed by atoms with E-state index in [0.29, 0.717) is 29.0 Å². The SMILES string of the molecule is Cc1nn(-c2ccc(F)cc2)c(C)c1CC(=O)NCCNc1ncc(Cl)cc1Cl. The largest absolute Gasteiger partial charge is 0.367 e. The van der Waals surface area contributed by atoms with Crippen molar-refractivity contribution >= 4 is 34.9 Å². The first-order valence-corrected chi connectivity index (χ1v) is 9.73. The molecule has 2 N–H and O–H groups in total. The number of anilines is 1. The predicted octanol–water partition coefficient (Wildman–Crippen LogP) is 4.10. The van der Waals surface area contributed by atoms with Gasteiger partial charge in [-0.2, -0.15) is 5.10 Å². The fourth-order valence-corrected chi connectivity index (χ4v) is 3.36. The van der Waals surface area contributed by atoms with E-state index in [1.807, 2.05) is 13.8 Å². The quantitative estimate of drug-likeness (QED) is 0.547. The van der Waals surface area contributed by atoms with Gasteiger partial charge in [0.05, 0.1) is 27.8 Å². The molecule has 0 aliphatic rings. The first-order valence-electron chi connectivity index (χ1n) is 8.98. The van der Waals surface area contributed by atoms with E-state index in [9.17, 15) is 9.18 Å². The van der Waals surface area contributed by atoms with E-state index < -0.39 is 0 Å². The minimum Gasteiger partial charge on any atom is -0.367 e. The van der Waals surface area contributed by atoms with Crippen molar-refractivity contribution in [2.75, 3.05) is 18.4 Å². The number of nitrogens with zero attached hydrogens (tertiary/aromatic N) is 3. The van der Waals surface area contributed by atoms with Crippen LogP contribution in [0.25, 0.3) is 5.69 Å². The Kier molecular flexibility index (Phi) is 6.71. The predicted molar refractivity (Wildman–Crippen MR) is 112 cm³/mol. The molecule has 0 fully saturated rings. The number of aryl methyl sites for hydroxylation is 1. The highest BCUT2D eigenvalue weighted by Crippen LogP contribution is 2.22. The summed E-state index contributed by atoms with van der Waals surface area (Å²) >= 11 is 11.9. The first kappa shape index (κ1) is 21.1. The van der Waals surface area contributed by atoms with E-state index in [2.05, 4.69) is 20.7 Å². The van der Waals surface area contributed by atoms with Gasteiger partial charge in [0.25, 0.3) is 0 Å². The van der Waals surface area contributed by atoms with Gasteiger partial charge in [-0.05, 0) is 44.2 Å². The summed E-state index contributed by atoms with van der Waals surface area (Å²) in [6, 6.07) is 7.67. The van der Waals surface area contributed by atoms with Gasteiger partial charge in [-0.1, -0.05) is 23.2 Å². The number of halogens is 3. The van der Waals surface area contributed by atoms with Crippen LogP contribution in [0.2, 0.25) is 10.0 Å². The van der Waals surface area contributed by atoms with Crippen molar-refractivity contribution in [3.05, 3.63) is 69.3 Å². The van der Waals surface area contributed by atoms with E-state index in [-0.39, 0.29) is 18.1 Å². The van der Waals surface area contributed by atoms with Crippen molar-refractivity contribution in [1.29, 1.82) is 0 Å². The van der Waals surface area contributed by atoms with Crippen LogP contribution < -0.4 is 10.6 Å². The zero-order valence-electron chi connectivity index (χ0n) is 16.0. The lowest BCUT2D eigenvalue weighted by molar-refractivity contribution is -0.120. The molecule has 0 atom stereocenters. The van der Waals surface area contributed by atoms with E-state index >= 15 is 0 Å². The van der Waals surface area contributed by atoms with Gasteiger partial charge in [-0.25, -0.2) is 14.1 Å². The maximum Gasteiger partial charge on any atom is 0.224 e. The van der Waals surface area contributed by atoms with Crippen molar-refractivity contribution in [3.63, 3.8) is 0 Å². The highest BCUT2D eigenvalue weighted by atomic mass is 35.5. The van der Waals surface area contributed by atoms with E-state index in [1.54, 1.807) is 22.9 Å². The molecule has 1 amide bonds. The molecule has 152 valence electrons. The third kappa shape index (κ3) is 5.25. The molecule has 0 unspecified atom stereocenters. The number of pyridine rings is 1. The second kappa shape index (κ2) is 9.24. The van der Waals surface area contributed by atoms with Crippen LogP contribution in [-0.4, -0.2) is 33.8 Å². The number of carbonyl (C=O) groups is 1. The van der Waals surface area contributed by atoms with E-state index in [4.69, 9.17) is 23.2 Å². The lowest BCUT2D eigenvalue weighted by atomic mass is 10.1. The van der Waals surface area contributed by atoms with Crippen LogP contribution in [0.4, 0.5) is 10.2 Å². The maximum atomic E-state index is 13.2. The smallest absolute Gasteiger partial charge is 0.224 e. The normalized spacial score (nSPS) is 10.8. The molecule has 1 aromatic carbocycles. The van der Waals surface area contributed by atoms with Crippen molar-refractivity contribution in [3.8, 4) is 5.69 Å². The maximum absolute atomic E-state index is 13.2. The van der Waals surface area contributed by atoms with Crippen LogP contribution in [0.3, 0.4) is 0 Å². The van der Waals surface area contributed by atoms with Gasteiger partial charge in [-0.15, -0.1) is 0 Å². The molecular weight excluding hydrogens is 416 g/mol. The fourth-order valence-electron chi connectivity index (χ4n) is 2.92. The Morgan fingerprint density at radius 3 is 2.59 bits per heavy atom. The van der Waals surface area contributed by atoms with Crippen LogP contribution in [0.15, 0.2) is 36.5 Å². The second-order valence-electron chi connectivity index (χ2n) is 6.48. The van der Waals surface area contributed by atoms with Crippen molar-refractivity contribution in [2.45, 2.75) is 20.3 Å². The summed E-state index contributed by atoms with van der Waals surface area (Å²) in [6.45, 7) is 4.61. The zero-order valence-corrected chi connectivity index (χ0v) is 17.5. The standard InChI is InChI=1S/C20H20Cl2FN5O/c1-12-17(13(2)28(27-12)16-5-3-15(23)4-6-16)10-19(29)24-7-8-25-20-18(22)9-14(21)11-26-20/h3-6,9,11H,7-8,10H2,1-2H3,(H,24,29)(H,25,26). The Bertz CT molecular complexity index is 1020.